The van der Waals surface area contributed by atoms with Gasteiger partial charge in [0.15, 0.2) is 5.82 Å². The second-order valence-corrected chi connectivity index (χ2v) is 5.84. The average Bonchev–Trinajstić information content (AvgIpc) is 3.05. The Balaban J connectivity index is 1.83. The lowest BCUT2D eigenvalue weighted by Gasteiger charge is -2.31. The molecule has 2 aromatic rings. The molecule has 1 aliphatic rings. The van der Waals surface area contributed by atoms with E-state index in [-0.39, 0.29) is 23.6 Å². The summed E-state index contributed by atoms with van der Waals surface area (Å²) in [5.74, 6) is 2.07. The summed E-state index contributed by atoms with van der Waals surface area (Å²) in [5.41, 5.74) is 0.794. The number of hydrogen-bond acceptors (Lipinski definition) is 5. The standard InChI is InChI=1S/C14H19N5O2/c1-8(2)11-5-12(21-17-11)14(20)18-6-9(3)19-10(4)15-16-13(19)7-18/h5,8-9H,6-7H2,1-4H3/t9-/m1/s1. The summed E-state index contributed by atoms with van der Waals surface area (Å²) < 4.78 is 7.26. The summed E-state index contributed by atoms with van der Waals surface area (Å²) in [5, 5.41) is 12.2. The highest BCUT2D eigenvalue weighted by Gasteiger charge is 2.30. The first-order valence-electron chi connectivity index (χ1n) is 7.13. The van der Waals surface area contributed by atoms with E-state index in [1.807, 2.05) is 20.8 Å². The van der Waals surface area contributed by atoms with E-state index in [0.717, 1.165) is 17.3 Å². The number of carbonyl (C=O) groups is 1. The number of amides is 1. The summed E-state index contributed by atoms with van der Waals surface area (Å²) >= 11 is 0. The average molecular weight is 289 g/mol. The number of nitrogens with zero attached hydrogens (tertiary/aromatic N) is 5. The van der Waals surface area contributed by atoms with Crippen molar-refractivity contribution in [2.24, 2.45) is 0 Å². The second-order valence-electron chi connectivity index (χ2n) is 5.84. The van der Waals surface area contributed by atoms with Crippen LogP contribution in [0.1, 0.15) is 60.6 Å². The van der Waals surface area contributed by atoms with Crippen molar-refractivity contribution >= 4 is 5.91 Å². The Hall–Kier alpha value is -2.18. The van der Waals surface area contributed by atoms with Crippen LogP contribution in [-0.2, 0) is 6.54 Å². The van der Waals surface area contributed by atoms with Gasteiger partial charge in [-0.3, -0.25) is 4.79 Å². The van der Waals surface area contributed by atoms with Crippen molar-refractivity contribution < 1.29 is 9.32 Å². The predicted octanol–water partition coefficient (Wildman–Crippen LogP) is 1.91. The largest absolute Gasteiger partial charge is 0.351 e. The minimum atomic E-state index is -0.145. The molecule has 7 nitrogen and oxygen atoms in total. The predicted molar refractivity (Wildman–Crippen MR) is 74.8 cm³/mol. The lowest BCUT2D eigenvalue weighted by molar-refractivity contribution is 0.0638. The van der Waals surface area contributed by atoms with Crippen LogP contribution in [0.15, 0.2) is 10.6 Å². The van der Waals surface area contributed by atoms with Gasteiger partial charge in [-0.25, -0.2) is 0 Å². The molecular formula is C14H19N5O2. The molecule has 1 amide bonds. The maximum absolute atomic E-state index is 12.5. The van der Waals surface area contributed by atoms with Gasteiger partial charge in [0.2, 0.25) is 5.76 Å². The monoisotopic (exact) mass is 289 g/mol. The first-order chi connectivity index (χ1) is 9.97. The maximum atomic E-state index is 12.5. The quantitative estimate of drug-likeness (QED) is 0.844. The molecule has 21 heavy (non-hydrogen) atoms. The van der Waals surface area contributed by atoms with Crippen molar-refractivity contribution in [1.82, 2.24) is 24.8 Å². The van der Waals surface area contributed by atoms with E-state index < -0.39 is 0 Å². The fourth-order valence-corrected chi connectivity index (χ4v) is 2.70. The van der Waals surface area contributed by atoms with Crippen LogP contribution in [0.3, 0.4) is 0 Å². The Bertz CT molecular complexity index is 673. The highest BCUT2D eigenvalue weighted by Crippen LogP contribution is 2.23. The molecule has 0 unspecified atom stereocenters. The van der Waals surface area contributed by atoms with Crippen molar-refractivity contribution in [3.8, 4) is 0 Å². The Kier molecular flexibility index (Phi) is 3.27. The van der Waals surface area contributed by atoms with Crippen LogP contribution in [-0.4, -0.2) is 37.3 Å². The van der Waals surface area contributed by atoms with Gasteiger partial charge in [0, 0.05) is 12.6 Å². The van der Waals surface area contributed by atoms with Gasteiger partial charge in [-0.15, -0.1) is 10.2 Å². The fraction of sp³-hybridized carbons (Fsp3) is 0.571. The Labute approximate surface area is 122 Å². The number of aryl methyl sites for hydroxylation is 1. The molecule has 0 bridgehead atoms. The van der Waals surface area contributed by atoms with E-state index in [1.165, 1.54) is 0 Å². The fourth-order valence-electron chi connectivity index (χ4n) is 2.70. The summed E-state index contributed by atoms with van der Waals surface area (Å²) in [6, 6.07) is 1.88. The molecule has 7 heteroatoms. The van der Waals surface area contributed by atoms with Crippen LogP contribution in [0.25, 0.3) is 0 Å². The van der Waals surface area contributed by atoms with Crippen LogP contribution in [0, 0.1) is 6.92 Å². The Morgan fingerprint density at radius 3 is 2.86 bits per heavy atom. The minimum Gasteiger partial charge on any atom is -0.351 e. The van der Waals surface area contributed by atoms with Crippen molar-refractivity contribution in [1.29, 1.82) is 0 Å². The normalized spacial score (nSPS) is 18.1. The van der Waals surface area contributed by atoms with Gasteiger partial charge in [-0.05, 0) is 19.8 Å². The number of rotatable bonds is 2. The van der Waals surface area contributed by atoms with Crippen molar-refractivity contribution in [2.75, 3.05) is 6.54 Å². The van der Waals surface area contributed by atoms with Gasteiger partial charge in [0.1, 0.15) is 5.82 Å². The highest BCUT2D eigenvalue weighted by molar-refractivity contribution is 5.91. The van der Waals surface area contributed by atoms with Crippen LogP contribution in [0.5, 0.6) is 0 Å². The lowest BCUT2D eigenvalue weighted by atomic mass is 10.1. The van der Waals surface area contributed by atoms with Gasteiger partial charge in [0.25, 0.3) is 5.91 Å². The second kappa shape index (κ2) is 4.98. The lowest BCUT2D eigenvalue weighted by Crippen LogP contribution is -2.40. The van der Waals surface area contributed by atoms with Crippen LogP contribution < -0.4 is 0 Å². The number of aromatic nitrogens is 4. The van der Waals surface area contributed by atoms with Crippen molar-refractivity contribution in [2.45, 2.75) is 46.2 Å². The molecule has 0 saturated heterocycles. The molecule has 0 spiro atoms. The van der Waals surface area contributed by atoms with Gasteiger partial charge in [-0.1, -0.05) is 19.0 Å². The maximum Gasteiger partial charge on any atom is 0.292 e. The molecule has 3 heterocycles. The van der Waals surface area contributed by atoms with Crippen molar-refractivity contribution in [3.63, 3.8) is 0 Å². The van der Waals surface area contributed by atoms with E-state index in [4.69, 9.17) is 4.52 Å². The topological polar surface area (TPSA) is 77.1 Å². The molecule has 0 N–H and O–H groups in total. The Morgan fingerprint density at radius 2 is 2.19 bits per heavy atom. The van der Waals surface area contributed by atoms with Gasteiger partial charge in [0.05, 0.1) is 18.3 Å². The molecule has 1 aliphatic heterocycles. The molecule has 0 radical (unpaired) electrons. The van der Waals surface area contributed by atoms with E-state index >= 15 is 0 Å². The highest BCUT2D eigenvalue weighted by atomic mass is 16.5. The zero-order chi connectivity index (χ0) is 15.1. The zero-order valence-corrected chi connectivity index (χ0v) is 12.7. The van der Waals surface area contributed by atoms with Crippen LogP contribution in [0.2, 0.25) is 0 Å². The third-order valence-corrected chi connectivity index (χ3v) is 3.81. The number of carbonyl (C=O) groups excluding carboxylic acids is 1. The summed E-state index contributed by atoms with van der Waals surface area (Å²) in [7, 11) is 0. The van der Waals surface area contributed by atoms with E-state index in [2.05, 4.69) is 26.8 Å². The molecule has 0 aliphatic carbocycles. The van der Waals surface area contributed by atoms with Crippen LogP contribution >= 0.6 is 0 Å². The first kappa shape index (κ1) is 13.8. The van der Waals surface area contributed by atoms with E-state index in [1.54, 1.807) is 11.0 Å². The molecule has 1 atom stereocenters. The minimum absolute atomic E-state index is 0.145. The molecule has 112 valence electrons. The van der Waals surface area contributed by atoms with Gasteiger partial charge >= 0.3 is 0 Å². The number of fused-ring (bicyclic) bond motifs is 1. The van der Waals surface area contributed by atoms with E-state index in [0.29, 0.717) is 13.1 Å². The molecule has 3 rings (SSSR count). The SMILES string of the molecule is Cc1nnc2n1[C@H](C)CN(C(=O)c1cc(C(C)C)no1)C2. The summed E-state index contributed by atoms with van der Waals surface area (Å²) in [4.78, 5) is 14.3. The summed E-state index contributed by atoms with van der Waals surface area (Å²) in [6.07, 6.45) is 0. The Morgan fingerprint density at radius 1 is 1.43 bits per heavy atom. The van der Waals surface area contributed by atoms with Gasteiger partial charge < -0.3 is 14.0 Å². The zero-order valence-electron chi connectivity index (χ0n) is 12.7. The smallest absolute Gasteiger partial charge is 0.292 e. The third-order valence-electron chi connectivity index (χ3n) is 3.81. The molecule has 0 aromatic carbocycles. The van der Waals surface area contributed by atoms with Crippen molar-refractivity contribution in [3.05, 3.63) is 29.2 Å². The summed E-state index contributed by atoms with van der Waals surface area (Å²) in [6.45, 7) is 9.07. The molecule has 0 saturated carbocycles. The first-order valence-corrected chi connectivity index (χ1v) is 7.13. The van der Waals surface area contributed by atoms with Crippen LogP contribution in [0.4, 0.5) is 0 Å². The molecular weight excluding hydrogens is 270 g/mol. The third kappa shape index (κ3) is 2.32. The number of hydrogen-bond donors (Lipinski definition) is 0. The van der Waals surface area contributed by atoms with E-state index in [9.17, 15) is 4.79 Å². The molecule has 0 fully saturated rings. The van der Waals surface area contributed by atoms with Gasteiger partial charge in [-0.2, -0.15) is 0 Å². The molecule has 2 aromatic heterocycles.